The Morgan fingerprint density at radius 3 is 2.50 bits per heavy atom. The number of aromatic carboxylic acids is 1. The number of carboxylic acid groups (broad SMARTS) is 1. The van der Waals surface area contributed by atoms with Crippen LogP contribution in [-0.2, 0) is 9.53 Å². The van der Waals surface area contributed by atoms with E-state index < -0.39 is 11.9 Å². The predicted molar refractivity (Wildman–Crippen MR) is 93.1 cm³/mol. The maximum atomic E-state index is 11.6. The van der Waals surface area contributed by atoms with Crippen LogP contribution in [0.4, 0.5) is 5.69 Å². The number of carbonyl (C=O) groups excluding carboxylic acids is 1. The lowest BCUT2D eigenvalue weighted by Crippen LogP contribution is -2.09. The van der Waals surface area contributed by atoms with Crippen LogP contribution in [0.5, 0.6) is 0 Å². The van der Waals surface area contributed by atoms with Crippen LogP contribution in [0.1, 0.15) is 22.3 Å². The van der Waals surface area contributed by atoms with Gasteiger partial charge < -0.3 is 15.2 Å². The van der Waals surface area contributed by atoms with Crippen LogP contribution in [0.3, 0.4) is 0 Å². The van der Waals surface area contributed by atoms with E-state index in [-0.39, 0.29) is 17.0 Å². The molecule has 0 unspecified atom stereocenters. The molecule has 0 fully saturated rings. The van der Waals surface area contributed by atoms with Gasteiger partial charge in [-0.3, -0.25) is 4.79 Å². The molecule has 2 rings (SSSR count). The summed E-state index contributed by atoms with van der Waals surface area (Å²) < 4.78 is 4.70. The first-order chi connectivity index (χ1) is 11.5. The normalized spacial score (nSPS) is 11.0. The summed E-state index contributed by atoms with van der Waals surface area (Å²) in [6.45, 7) is 0. The van der Waals surface area contributed by atoms with Crippen molar-refractivity contribution in [1.29, 1.82) is 0 Å². The summed E-state index contributed by atoms with van der Waals surface area (Å²) in [5.41, 5.74) is 1.65. The molecule has 0 radical (unpaired) electrons. The van der Waals surface area contributed by atoms with Crippen LogP contribution in [0.15, 0.2) is 54.2 Å². The molecule has 0 saturated heterocycles. The fourth-order valence-corrected chi connectivity index (χ4v) is 2.40. The molecule has 2 N–H and O–H groups in total. The average Bonchev–Trinajstić information content (AvgIpc) is 2.55. The largest absolute Gasteiger partial charge is 0.478 e. The molecular formula is C18H16ClNO4. The van der Waals surface area contributed by atoms with Gasteiger partial charge in [-0.1, -0.05) is 41.9 Å². The number of rotatable bonds is 6. The highest BCUT2D eigenvalue weighted by Gasteiger charge is 2.14. The van der Waals surface area contributed by atoms with Crippen molar-refractivity contribution in [3.63, 3.8) is 0 Å². The number of benzene rings is 2. The summed E-state index contributed by atoms with van der Waals surface area (Å²) in [6, 6.07) is 14.0. The molecule has 24 heavy (non-hydrogen) atoms. The van der Waals surface area contributed by atoms with Crippen molar-refractivity contribution in [2.75, 3.05) is 12.4 Å². The highest BCUT2D eigenvalue weighted by molar-refractivity contribution is 6.33. The molecular weight excluding hydrogens is 330 g/mol. The Labute approximate surface area is 144 Å². The third kappa shape index (κ3) is 4.60. The molecule has 0 aliphatic carbocycles. The van der Waals surface area contributed by atoms with E-state index in [0.717, 1.165) is 5.69 Å². The number of anilines is 1. The second-order valence-electron chi connectivity index (χ2n) is 4.92. The molecule has 0 spiro atoms. The van der Waals surface area contributed by atoms with Gasteiger partial charge in [0.15, 0.2) is 0 Å². The Kier molecular flexibility index (Phi) is 5.98. The van der Waals surface area contributed by atoms with E-state index in [2.05, 4.69) is 5.32 Å². The molecule has 0 aliphatic heterocycles. The number of carbonyl (C=O) groups is 2. The zero-order valence-corrected chi connectivity index (χ0v) is 13.7. The minimum Gasteiger partial charge on any atom is -0.478 e. The number of hydrogen-bond acceptors (Lipinski definition) is 4. The number of hydrogen-bond donors (Lipinski definition) is 2. The SMILES string of the molecule is COC(=O)CC(=Cc1cccc(Cl)c1C(=O)O)Nc1ccccc1. The number of ether oxygens (including phenoxy) is 1. The van der Waals surface area contributed by atoms with E-state index in [1.54, 1.807) is 18.2 Å². The number of halogens is 1. The number of esters is 1. The number of carboxylic acids is 1. The van der Waals surface area contributed by atoms with Gasteiger partial charge in [-0.2, -0.15) is 0 Å². The van der Waals surface area contributed by atoms with Crippen LogP contribution in [0.25, 0.3) is 6.08 Å². The van der Waals surface area contributed by atoms with Gasteiger partial charge in [0.25, 0.3) is 0 Å². The fourth-order valence-electron chi connectivity index (χ4n) is 2.14. The smallest absolute Gasteiger partial charge is 0.337 e. The van der Waals surface area contributed by atoms with Crippen LogP contribution in [-0.4, -0.2) is 24.2 Å². The van der Waals surface area contributed by atoms with Crippen molar-refractivity contribution in [2.24, 2.45) is 0 Å². The third-order valence-electron chi connectivity index (χ3n) is 3.23. The van der Waals surface area contributed by atoms with Crippen LogP contribution in [0.2, 0.25) is 5.02 Å². The highest BCUT2D eigenvalue weighted by atomic mass is 35.5. The van der Waals surface area contributed by atoms with E-state index in [0.29, 0.717) is 11.3 Å². The van der Waals surface area contributed by atoms with Gasteiger partial charge in [-0.15, -0.1) is 0 Å². The highest BCUT2D eigenvalue weighted by Crippen LogP contribution is 2.24. The summed E-state index contributed by atoms with van der Waals surface area (Å²) in [7, 11) is 1.30. The molecule has 6 heteroatoms. The fraction of sp³-hybridized carbons (Fsp3) is 0.111. The molecule has 0 atom stereocenters. The first-order valence-corrected chi connectivity index (χ1v) is 7.50. The summed E-state index contributed by atoms with van der Waals surface area (Å²) >= 11 is 5.98. The van der Waals surface area contributed by atoms with E-state index >= 15 is 0 Å². The molecule has 124 valence electrons. The molecule has 0 amide bonds. The van der Waals surface area contributed by atoms with E-state index in [9.17, 15) is 14.7 Å². The Balaban J connectivity index is 2.43. The number of nitrogens with one attached hydrogen (secondary N) is 1. The lowest BCUT2D eigenvalue weighted by atomic mass is 10.1. The summed E-state index contributed by atoms with van der Waals surface area (Å²) in [4.78, 5) is 23.1. The zero-order chi connectivity index (χ0) is 17.5. The summed E-state index contributed by atoms with van der Waals surface area (Å²) in [5, 5.41) is 12.6. The van der Waals surface area contributed by atoms with E-state index in [1.807, 2.05) is 30.3 Å². The van der Waals surface area contributed by atoms with Crippen molar-refractivity contribution in [1.82, 2.24) is 0 Å². The van der Waals surface area contributed by atoms with Gasteiger partial charge in [0.05, 0.1) is 24.1 Å². The Hall–Kier alpha value is -2.79. The monoisotopic (exact) mass is 345 g/mol. The average molecular weight is 346 g/mol. The Morgan fingerprint density at radius 2 is 1.88 bits per heavy atom. The first kappa shape index (κ1) is 17.6. The quantitative estimate of drug-likeness (QED) is 0.772. The Morgan fingerprint density at radius 1 is 1.17 bits per heavy atom. The zero-order valence-electron chi connectivity index (χ0n) is 13.0. The molecule has 0 bridgehead atoms. The second-order valence-corrected chi connectivity index (χ2v) is 5.33. The van der Waals surface area contributed by atoms with Gasteiger partial charge in [-0.25, -0.2) is 4.79 Å². The van der Waals surface area contributed by atoms with Crippen molar-refractivity contribution in [3.8, 4) is 0 Å². The molecule has 2 aromatic carbocycles. The second kappa shape index (κ2) is 8.17. The number of para-hydroxylation sites is 1. The van der Waals surface area contributed by atoms with Crippen molar-refractivity contribution < 1.29 is 19.4 Å². The van der Waals surface area contributed by atoms with Gasteiger partial charge in [0, 0.05) is 11.4 Å². The van der Waals surface area contributed by atoms with Crippen LogP contribution in [0, 0.1) is 0 Å². The molecule has 0 aromatic heterocycles. The Bertz CT molecular complexity index is 772. The van der Waals surface area contributed by atoms with E-state index in [4.69, 9.17) is 16.3 Å². The van der Waals surface area contributed by atoms with Gasteiger partial charge in [0.2, 0.25) is 0 Å². The lowest BCUT2D eigenvalue weighted by molar-refractivity contribution is -0.139. The maximum Gasteiger partial charge on any atom is 0.337 e. The standard InChI is InChI=1S/C18H16ClNO4/c1-24-16(21)11-14(20-13-7-3-2-4-8-13)10-12-6-5-9-15(19)17(12)18(22)23/h2-10,20H,11H2,1H3,(H,22,23). The summed E-state index contributed by atoms with van der Waals surface area (Å²) in [6.07, 6.45) is 1.55. The molecule has 0 saturated carbocycles. The van der Waals surface area contributed by atoms with Crippen molar-refractivity contribution in [2.45, 2.75) is 6.42 Å². The third-order valence-corrected chi connectivity index (χ3v) is 3.55. The lowest BCUT2D eigenvalue weighted by Gasteiger charge is -2.12. The van der Waals surface area contributed by atoms with Crippen LogP contribution >= 0.6 is 11.6 Å². The summed E-state index contributed by atoms with van der Waals surface area (Å²) in [5.74, 6) is -1.58. The molecule has 0 aliphatic rings. The van der Waals surface area contributed by atoms with Crippen molar-refractivity contribution in [3.05, 3.63) is 70.4 Å². The van der Waals surface area contributed by atoms with Gasteiger partial charge >= 0.3 is 11.9 Å². The minimum absolute atomic E-state index is 0.0172. The van der Waals surface area contributed by atoms with Crippen molar-refractivity contribution >= 4 is 35.3 Å². The molecule has 5 nitrogen and oxygen atoms in total. The minimum atomic E-state index is -1.14. The van der Waals surface area contributed by atoms with Gasteiger partial charge in [-0.05, 0) is 29.8 Å². The van der Waals surface area contributed by atoms with Crippen LogP contribution < -0.4 is 5.32 Å². The molecule has 0 heterocycles. The topological polar surface area (TPSA) is 75.6 Å². The number of methoxy groups -OCH3 is 1. The van der Waals surface area contributed by atoms with E-state index in [1.165, 1.54) is 13.2 Å². The maximum absolute atomic E-state index is 11.6. The first-order valence-electron chi connectivity index (χ1n) is 7.12. The molecule has 2 aromatic rings. The van der Waals surface area contributed by atoms with Gasteiger partial charge in [0.1, 0.15) is 0 Å². The predicted octanol–water partition coefficient (Wildman–Crippen LogP) is 4.05.